The minimum atomic E-state index is -1.07. The summed E-state index contributed by atoms with van der Waals surface area (Å²) in [6, 6.07) is 4.88. The highest BCUT2D eigenvalue weighted by Crippen LogP contribution is 2.16. The van der Waals surface area contributed by atoms with E-state index >= 15 is 0 Å². The van der Waals surface area contributed by atoms with Crippen LogP contribution in [-0.2, 0) is 11.3 Å². The molecule has 1 aromatic carbocycles. The van der Waals surface area contributed by atoms with Crippen LogP contribution in [0, 0.1) is 5.82 Å². The maximum Gasteiger partial charge on any atom is 0.328 e. The molecule has 5 heteroatoms. The second-order valence-corrected chi connectivity index (χ2v) is 5.64. The summed E-state index contributed by atoms with van der Waals surface area (Å²) in [5.41, 5.74) is 1.34. The maximum atomic E-state index is 13.5. The number of hydrogen-bond acceptors (Lipinski definition) is 3. The summed E-state index contributed by atoms with van der Waals surface area (Å²) in [5, 5.41) is 8.58. The Morgan fingerprint density at radius 3 is 2.84 bits per heavy atom. The van der Waals surface area contributed by atoms with Gasteiger partial charge in [0.25, 0.3) is 0 Å². The van der Waals surface area contributed by atoms with Crippen molar-refractivity contribution >= 4 is 23.8 Å². The molecule has 1 aliphatic rings. The fourth-order valence-corrected chi connectivity index (χ4v) is 2.98. The number of benzene rings is 1. The molecule has 0 spiro atoms. The van der Waals surface area contributed by atoms with Crippen molar-refractivity contribution in [2.24, 2.45) is 0 Å². The predicted octanol–water partition coefficient (Wildman–Crippen LogP) is 2.47. The molecule has 1 saturated heterocycles. The SMILES string of the molecule is O=C(O)C=Cc1cc(CN2CCSCC2)ccc1F. The van der Waals surface area contributed by atoms with E-state index in [1.807, 2.05) is 11.8 Å². The summed E-state index contributed by atoms with van der Waals surface area (Å²) in [6.07, 6.45) is 2.26. The fraction of sp³-hybridized carbons (Fsp3) is 0.357. The Hall–Kier alpha value is -1.33. The van der Waals surface area contributed by atoms with Gasteiger partial charge in [0.05, 0.1) is 0 Å². The van der Waals surface area contributed by atoms with Crippen molar-refractivity contribution in [3.05, 3.63) is 41.2 Å². The number of nitrogens with zero attached hydrogens (tertiary/aromatic N) is 1. The Kier molecular flexibility index (Phi) is 4.99. The van der Waals surface area contributed by atoms with E-state index in [1.54, 1.807) is 12.1 Å². The van der Waals surface area contributed by atoms with Crippen LogP contribution in [0.2, 0.25) is 0 Å². The van der Waals surface area contributed by atoms with Gasteiger partial charge in [-0.15, -0.1) is 0 Å². The topological polar surface area (TPSA) is 40.5 Å². The third-order valence-electron chi connectivity index (χ3n) is 2.98. The van der Waals surface area contributed by atoms with E-state index in [4.69, 9.17) is 5.11 Å². The zero-order valence-electron chi connectivity index (χ0n) is 10.5. The van der Waals surface area contributed by atoms with Gasteiger partial charge in [0.2, 0.25) is 0 Å². The molecule has 19 heavy (non-hydrogen) atoms. The molecule has 0 atom stereocenters. The van der Waals surface area contributed by atoms with Gasteiger partial charge in [-0.1, -0.05) is 6.07 Å². The summed E-state index contributed by atoms with van der Waals surface area (Å²) in [6.45, 7) is 2.87. The zero-order chi connectivity index (χ0) is 13.7. The lowest BCUT2D eigenvalue weighted by atomic mass is 10.1. The van der Waals surface area contributed by atoms with Crippen LogP contribution in [0.15, 0.2) is 24.3 Å². The fourth-order valence-electron chi connectivity index (χ4n) is 2.00. The van der Waals surface area contributed by atoms with E-state index in [-0.39, 0.29) is 0 Å². The average Bonchev–Trinajstić information content (AvgIpc) is 2.40. The number of halogens is 1. The summed E-state index contributed by atoms with van der Waals surface area (Å²) >= 11 is 1.95. The van der Waals surface area contributed by atoms with Gasteiger partial charge in [-0.3, -0.25) is 4.90 Å². The van der Waals surface area contributed by atoms with Gasteiger partial charge in [-0.2, -0.15) is 11.8 Å². The molecule has 1 aliphatic heterocycles. The molecule has 3 nitrogen and oxygen atoms in total. The molecule has 0 saturated carbocycles. The average molecular weight is 281 g/mol. The van der Waals surface area contributed by atoms with E-state index in [0.717, 1.165) is 42.8 Å². The normalized spacial score (nSPS) is 16.9. The third kappa shape index (κ3) is 4.36. The summed E-state index contributed by atoms with van der Waals surface area (Å²) < 4.78 is 13.5. The van der Waals surface area contributed by atoms with Crippen LogP contribution in [0.5, 0.6) is 0 Å². The van der Waals surface area contributed by atoms with Gasteiger partial charge in [-0.05, 0) is 23.8 Å². The molecule has 0 aliphatic carbocycles. The molecule has 0 aromatic heterocycles. The van der Waals surface area contributed by atoms with E-state index in [1.165, 1.54) is 12.1 Å². The van der Waals surface area contributed by atoms with Gasteiger partial charge in [0.15, 0.2) is 0 Å². The Labute approximate surface area is 116 Å². The van der Waals surface area contributed by atoms with E-state index in [2.05, 4.69) is 4.90 Å². The number of aliphatic carboxylic acids is 1. The second-order valence-electron chi connectivity index (χ2n) is 4.42. The lowest BCUT2D eigenvalue weighted by Gasteiger charge is -2.26. The van der Waals surface area contributed by atoms with Crippen molar-refractivity contribution in [2.45, 2.75) is 6.54 Å². The van der Waals surface area contributed by atoms with Crippen molar-refractivity contribution in [3.8, 4) is 0 Å². The molecular weight excluding hydrogens is 265 g/mol. The van der Waals surface area contributed by atoms with Crippen LogP contribution < -0.4 is 0 Å². The Morgan fingerprint density at radius 1 is 1.42 bits per heavy atom. The second kappa shape index (κ2) is 6.73. The Morgan fingerprint density at radius 2 is 2.16 bits per heavy atom. The third-order valence-corrected chi connectivity index (χ3v) is 3.92. The first-order valence-corrected chi connectivity index (χ1v) is 7.30. The summed E-state index contributed by atoms with van der Waals surface area (Å²) in [7, 11) is 0. The number of hydrogen-bond donors (Lipinski definition) is 1. The lowest BCUT2D eigenvalue weighted by molar-refractivity contribution is -0.131. The summed E-state index contributed by atoms with van der Waals surface area (Å²) in [5.74, 6) is 0.799. The van der Waals surface area contributed by atoms with Gasteiger partial charge in [0.1, 0.15) is 5.82 Å². The zero-order valence-corrected chi connectivity index (χ0v) is 11.3. The number of rotatable bonds is 4. The molecule has 1 heterocycles. The molecule has 1 fully saturated rings. The molecule has 1 aromatic rings. The minimum absolute atomic E-state index is 0.325. The molecular formula is C14H16FNO2S. The molecule has 0 bridgehead atoms. The number of carboxylic acids is 1. The van der Waals surface area contributed by atoms with Crippen LogP contribution >= 0.6 is 11.8 Å². The number of carboxylic acid groups (broad SMARTS) is 1. The molecule has 0 amide bonds. The van der Waals surface area contributed by atoms with Crippen molar-refractivity contribution in [2.75, 3.05) is 24.6 Å². The predicted molar refractivity (Wildman–Crippen MR) is 75.7 cm³/mol. The van der Waals surface area contributed by atoms with Crippen LogP contribution in [0.3, 0.4) is 0 Å². The van der Waals surface area contributed by atoms with Crippen molar-refractivity contribution in [3.63, 3.8) is 0 Å². The van der Waals surface area contributed by atoms with Crippen LogP contribution in [-0.4, -0.2) is 40.6 Å². The highest BCUT2D eigenvalue weighted by molar-refractivity contribution is 7.99. The first kappa shape index (κ1) is 14.1. The lowest BCUT2D eigenvalue weighted by Crippen LogP contribution is -2.31. The molecule has 102 valence electrons. The van der Waals surface area contributed by atoms with Crippen molar-refractivity contribution in [1.82, 2.24) is 4.90 Å². The van der Waals surface area contributed by atoms with Gasteiger partial charge >= 0.3 is 5.97 Å². The summed E-state index contributed by atoms with van der Waals surface area (Å²) in [4.78, 5) is 12.8. The molecule has 0 radical (unpaired) electrons. The first-order valence-electron chi connectivity index (χ1n) is 6.15. The molecule has 2 rings (SSSR count). The van der Waals surface area contributed by atoms with Crippen molar-refractivity contribution in [1.29, 1.82) is 0 Å². The van der Waals surface area contributed by atoms with E-state index in [9.17, 15) is 9.18 Å². The molecule has 1 N–H and O–H groups in total. The highest BCUT2D eigenvalue weighted by atomic mass is 32.2. The molecule has 0 unspecified atom stereocenters. The van der Waals surface area contributed by atoms with Gasteiger partial charge in [0, 0.05) is 42.8 Å². The first-order chi connectivity index (χ1) is 9.15. The van der Waals surface area contributed by atoms with E-state index in [0.29, 0.717) is 5.56 Å². The quantitative estimate of drug-likeness (QED) is 0.861. The smallest absolute Gasteiger partial charge is 0.328 e. The maximum absolute atomic E-state index is 13.5. The van der Waals surface area contributed by atoms with E-state index < -0.39 is 11.8 Å². The van der Waals surface area contributed by atoms with Crippen LogP contribution in [0.4, 0.5) is 4.39 Å². The largest absolute Gasteiger partial charge is 0.478 e. The standard InChI is InChI=1S/C14H16FNO2S/c15-13-3-1-11(9-12(13)2-4-14(17)18)10-16-5-7-19-8-6-16/h1-4,9H,5-8,10H2,(H,17,18). The monoisotopic (exact) mass is 281 g/mol. The van der Waals surface area contributed by atoms with Crippen molar-refractivity contribution < 1.29 is 14.3 Å². The minimum Gasteiger partial charge on any atom is -0.478 e. The van der Waals surface area contributed by atoms with Crippen LogP contribution in [0.1, 0.15) is 11.1 Å². The Balaban J connectivity index is 2.08. The number of carbonyl (C=O) groups is 1. The number of thioether (sulfide) groups is 1. The van der Waals surface area contributed by atoms with Gasteiger partial charge in [-0.25, -0.2) is 9.18 Å². The van der Waals surface area contributed by atoms with Gasteiger partial charge < -0.3 is 5.11 Å². The van der Waals surface area contributed by atoms with Crippen LogP contribution in [0.25, 0.3) is 6.08 Å². The highest BCUT2D eigenvalue weighted by Gasteiger charge is 2.11. The Bertz CT molecular complexity index is 484.